The van der Waals surface area contributed by atoms with E-state index in [9.17, 15) is 4.79 Å². The van der Waals surface area contributed by atoms with Gasteiger partial charge in [-0.2, -0.15) is 4.79 Å². The van der Waals surface area contributed by atoms with Gasteiger partial charge in [-0.1, -0.05) is 6.08 Å². The Kier molecular flexibility index (Phi) is 2.47. The highest BCUT2D eigenvalue weighted by atomic mass is 16.5. The fraction of sp³-hybridized carbons (Fsp3) is 0.143. The molecule has 1 rings (SSSR count). The zero-order chi connectivity index (χ0) is 8.97. The number of carbonyl (C=O) groups excluding carboxylic acids is 1. The lowest BCUT2D eigenvalue weighted by Gasteiger charge is -1.93. The monoisotopic (exact) mass is 167 g/mol. The average Bonchev–Trinajstić information content (AvgIpc) is 2.36. The summed E-state index contributed by atoms with van der Waals surface area (Å²) < 4.78 is 4.74. The van der Waals surface area contributed by atoms with Gasteiger partial charge in [0.1, 0.15) is 0 Å². The van der Waals surface area contributed by atoms with E-state index >= 15 is 0 Å². The summed E-state index contributed by atoms with van der Waals surface area (Å²) >= 11 is 0. The molecule has 0 saturated carbocycles. The van der Waals surface area contributed by atoms with Crippen molar-refractivity contribution in [3.8, 4) is 5.88 Å². The minimum Gasteiger partial charge on any atom is -0.403 e. The van der Waals surface area contributed by atoms with Crippen LogP contribution in [-0.2, 0) is 4.79 Å². The van der Waals surface area contributed by atoms with E-state index in [-0.39, 0.29) is 5.88 Å². The van der Waals surface area contributed by atoms with Crippen molar-refractivity contribution in [2.24, 2.45) is 0 Å². The van der Waals surface area contributed by atoms with Crippen LogP contribution in [0.25, 0.3) is 0 Å². The number of nitrogens with two attached hydrogens (primary N) is 1. The van der Waals surface area contributed by atoms with E-state index in [4.69, 9.17) is 10.6 Å². The largest absolute Gasteiger partial charge is 0.403 e. The first kappa shape index (κ1) is 8.32. The van der Waals surface area contributed by atoms with Gasteiger partial charge in [-0.3, -0.25) is 0 Å². The number of allylic oxidation sites excluding steroid dienone is 1. The maximum atomic E-state index is 10.8. The lowest BCUT2D eigenvalue weighted by atomic mass is 10.5. The maximum Gasteiger partial charge on any atom is 0.337 e. The molecule has 0 bridgehead atoms. The fourth-order valence-corrected chi connectivity index (χ4v) is 0.648. The standard InChI is InChI=1S/C7H9N3O2/c1-2-3-7(11)12-6-4-5-10(8)9-6/h2-5H,8H2,1H3/b3-2+. The first-order valence-corrected chi connectivity index (χ1v) is 3.37. The van der Waals surface area contributed by atoms with Gasteiger partial charge in [0.15, 0.2) is 0 Å². The van der Waals surface area contributed by atoms with Crippen LogP contribution >= 0.6 is 0 Å². The van der Waals surface area contributed by atoms with Crippen LogP contribution in [0.5, 0.6) is 5.88 Å². The molecule has 1 aromatic rings. The van der Waals surface area contributed by atoms with E-state index < -0.39 is 5.97 Å². The molecule has 0 aliphatic heterocycles. The summed E-state index contributed by atoms with van der Waals surface area (Å²) in [4.78, 5) is 11.9. The van der Waals surface area contributed by atoms with Crippen molar-refractivity contribution in [1.82, 2.24) is 9.89 Å². The van der Waals surface area contributed by atoms with Crippen LogP contribution in [-0.4, -0.2) is 15.9 Å². The zero-order valence-electron chi connectivity index (χ0n) is 6.60. The number of esters is 1. The highest BCUT2D eigenvalue weighted by Crippen LogP contribution is 2.03. The van der Waals surface area contributed by atoms with Gasteiger partial charge in [-0.05, 0) is 6.92 Å². The number of aromatic nitrogens is 2. The second kappa shape index (κ2) is 3.56. The van der Waals surface area contributed by atoms with Gasteiger partial charge < -0.3 is 10.6 Å². The number of nitrogen functional groups attached to an aromatic ring is 1. The van der Waals surface area contributed by atoms with Gasteiger partial charge >= 0.3 is 5.97 Å². The molecule has 0 radical (unpaired) electrons. The van der Waals surface area contributed by atoms with Crippen molar-refractivity contribution in [1.29, 1.82) is 0 Å². The van der Waals surface area contributed by atoms with Crippen molar-refractivity contribution in [3.05, 3.63) is 24.4 Å². The van der Waals surface area contributed by atoms with E-state index in [0.717, 1.165) is 4.79 Å². The van der Waals surface area contributed by atoms with E-state index in [0.29, 0.717) is 0 Å². The normalized spacial score (nSPS) is 10.4. The number of nitrogens with zero attached hydrogens (tertiary/aromatic N) is 2. The molecule has 12 heavy (non-hydrogen) atoms. The molecule has 64 valence electrons. The number of ether oxygens (including phenoxy) is 1. The predicted molar refractivity (Wildman–Crippen MR) is 42.8 cm³/mol. The summed E-state index contributed by atoms with van der Waals surface area (Å²) in [5.74, 6) is 4.96. The van der Waals surface area contributed by atoms with E-state index in [2.05, 4.69) is 5.10 Å². The summed E-state index contributed by atoms with van der Waals surface area (Å²) in [6.45, 7) is 1.72. The van der Waals surface area contributed by atoms with E-state index in [1.54, 1.807) is 13.0 Å². The summed E-state index contributed by atoms with van der Waals surface area (Å²) in [6, 6.07) is 1.50. The average molecular weight is 167 g/mol. The van der Waals surface area contributed by atoms with E-state index in [1.165, 1.54) is 18.3 Å². The molecule has 0 amide bonds. The molecule has 0 aliphatic carbocycles. The molecule has 0 fully saturated rings. The summed E-state index contributed by atoms with van der Waals surface area (Å²) in [5, 5.41) is 3.65. The van der Waals surface area contributed by atoms with Gasteiger partial charge in [0.2, 0.25) is 5.88 Å². The van der Waals surface area contributed by atoms with Crippen LogP contribution < -0.4 is 10.6 Å². The minimum atomic E-state index is -0.462. The number of hydrogen-bond donors (Lipinski definition) is 1. The Hall–Kier alpha value is -1.78. The van der Waals surface area contributed by atoms with Crippen LogP contribution in [0.3, 0.4) is 0 Å². The topological polar surface area (TPSA) is 70.1 Å². The van der Waals surface area contributed by atoms with Crippen molar-refractivity contribution in [3.63, 3.8) is 0 Å². The van der Waals surface area contributed by atoms with Gasteiger partial charge in [0, 0.05) is 12.1 Å². The van der Waals surface area contributed by atoms with Crippen LogP contribution in [0.4, 0.5) is 0 Å². The molecule has 1 aromatic heterocycles. The quantitative estimate of drug-likeness (QED) is 0.384. The first-order valence-electron chi connectivity index (χ1n) is 3.37. The summed E-state index contributed by atoms with van der Waals surface area (Å²) in [7, 11) is 0. The lowest BCUT2D eigenvalue weighted by Crippen LogP contribution is -2.09. The number of carbonyl (C=O) groups is 1. The molecular formula is C7H9N3O2. The van der Waals surface area contributed by atoms with Gasteiger partial charge in [-0.15, -0.1) is 5.10 Å². The number of rotatable bonds is 2. The Morgan fingerprint density at radius 1 is 1.83 bits per heavy atom. The molecular weight excluding hydrogens is 158 g/mol. The first-order chi connectivity index (χ1) is 5.72. The van der Waals surface area contributed by atoms with E-state index in [1.807, 2.05) is 0 Å². The van der Waals surface area contributed by atoms with Crippen molar-refractivity contribution >= 4 is 5.97 Å². The third-order valence-corrected chi connectivity index (χ3v) is 1.09. The molecule has 0 spiro atoms. The minimum absolute atomic E-state index is 0.195. The molecule has 1 heterocycles. The zero-order valence-corrected chi connectivity index (χ0v) is 6.60. The molecule has 0 atom stereocenters. The SMILES string of the molecule is C/C=C/C(=O)Oc1ccn(N)n1. The highest BCUT2D eigenvalue weighted by molar-refractivity contribution is 5.83. The summed E-state index contributed by atoms with van der Waals surface area (Å²) in [6.07, 6.45) is 4.37. The molecule has 5 heteroatoms. The smallest absolute Gasteiger partial charge is 0.337 e. The molecule has 0 aliphatic rings. The van der Waals surface area contributed by atoms with Crippen molar-refractivity contribution in [2.75, 3.05) is 5.84 Å². The predicted octanol–water partition coefficient (Wildman–Crippen LogP) is 0.0784. The Balaban J connectivity index is 2.58. The van der Waals surface area contributed by atoms with Crippen molar-refractivity contribution in [2.45, 2.75) is 6.92 Å². The Labute approximate surface area is 69.4 Å². The van der Waals surface area contributed by atoms with Crippen LogP contribution in [0, 0.1) is 0 Å². The highest BCUT2D eigenvalue weighted by Gasteiger charge is 2.01. The van der Waals surface area contributed by atoms with Crippen LogP contribution in [0.15, 0.2) is 24.4 Å². The second-order valence-electron chi connectivity index (χ2n) is 2.06. The lowest BCUT2D eigenvalue weighted by molar-refractivity contribution is -0.129. The number of hydrogen-bond acceptors (Lipinski definition) is 4. The molecule has 0 saturated heterocycles. The molecule has 2 N–H and O–H groups in total. The molecule has 5 nitrogen and oxygen atoms in total. The fourth-order valence-electron chi connectivity index (χ4n) is 0.648. The van der Waals surface area contributed by atoms with Gasteiger partial charge in [0.25, 0.3) is 0 Å². The Morgan fingerprint density at radius 2 is 2.58 bits per heavy atom. The second-order valence-corrected chi connectivity index (χ2v) is 2.06. The summed E-state index contributed by atoms with van der Waals surface area (Å²) in [5.41, 5.74) is 0. The Morgan fingerprint density at radius 3 is 3.08 bits per heavy atom. The Bertz CT molecular complexity index is 303. The maximum absolute atomic E-state index is 10.8. The van der Waals surface area contributed by atoms with Gasteiger partial charge in [0.05, 0.1) is 6.20 Å². The molecule has 0 aromatic carbocycles. The third-order valence-electron chi connectivity index (χ3n) is 1.09. The van der Waals surface area contributed by atoms with Crippen LogP contribution in [0.2, 0.25) is 0 Å². The van der Waals surface area contributed by atoms with Crippen LogP contribution in [0.1, 0.15) is 6.92 Å². The third kappa shape index (κ3) is 2.12. The van der Waals surface area contributed by atoms with Gasteiger partial charge in [-0.25, -0.2) is 4.79 Å². The molecule has 0 unspecified atom stereocenters. The van der Waals surface area contributed by atoms with Crippen molar-refractivity contribution < 1.29 is 9.53 Å².